The van der Waals surface area contributed by atoms with Crippen LogP contribution in [0.15, 0.2) is 83.2 Å². The van der Waals surface area contributed by atoms with Crippen molar-refractivity contribution in [3.8, 4) is 90.8 Å². The predicted molar refractivity (Wildman–Crippen MR) is 276 cm³/mol. The van der Waals surface area contributed by atoms with Gasteiger partial charge in [-0.3, -0.25) is 19.0 Å². The van der Waals surface area contributed by atoms with Crippen molar-refractivity contribution in [3.63, 3.8) is 0 Å². The van der Waals surface area contributed by atoms with Crippen molar-refractivity contribution in [1.82, 2.24) is 58.6 Å². The summed E-state index contributed by atoms with van der Waals surface area (Å²) in [5, 5.41) is 9.08. The average Bonchev–Trinajstić information content (AvgIpc) is 4.31. The van der Waals surface area contributed by atoms with E-state index in [-0.39, 0.29) is 45.2 Å². The number of ether oxygens (including phenoxy) is 4. The van der Waals surface area contributed by atoms with E-state index in [0.29, 0.717) is 81.4 Å². The van der Waals surface area contributed by atoms with E-state index in [4.69, 9.17) is 53.5 Å². The fourth-order valence-corrected chi connectivity index (χ4v) is 8.33. The van der Waals surface area contributed by atoms with Crippen LogP contribution < -0.4 is 41.5 Å². The molecule has 2 aliphatic rings. The number of anilines is 2. The van der Waals surface area contributed by atoms with Crippen LogP contribution in [0.1, 0.15) is 37.1 Å². The van der Waals surface area contributed by atoms with Crippen molar-refractivity contribution in [1.29, 1.82) is 0 Å². The van der Waals surface area contributed by atoms with Crippen molar-refractivity contribution in [2.24, 2.45) is 14.1 Å². The SMILES string of the molecule is [C-]#[N+]C1(Cn2cc(-c3cnc(N)c(-c4cn(C)c(=O)c(-c5cc(OC)cc(OC)c5)n4)n3)c(C)n2)CC1.[C-]#[N+]C1(Cn2ncc(-c3cnc(N)c(-c4cn(C)c(=O)c(-c5cc(OC)cc(OC)c5)n4)n3)c2C)CC1. The van der Waals surface area contributed by atoms with Gasteiger partial charge in [-0.2, -0.15) is 10.2 Å². The molecule has 4 N–H and O–H groups in total. The zero-order valence-corrected chi connectivity index (χ0v) is 42.0. The quantitative estimate of drug-likeness (QED) is 0.114. The minimum atomic E-state index is -0.343. The molecule has 22 nitrogen and oxygen atoms in total. The molecule has 0 radical (unpaired) electrons. The number of nitrogen functional groups attached to an aromatic ring is 2. The molecule has 6 heterocycles. The molecular formula is C52H52N16O6. The standard InChI is InChI=1S/2C26H26N8O3/c1-15-19(12-34(32-15)14-26(28-2)6-7-26)20-11-29-24(27)23(30-20)21-13-33(3)25(35)22(31-21)16-8-17(36-4)10-18(9-16)37-5;1-15-19(11-30-34(15)14-26(28-2)6-7-26)20-12-29-24(27)23(31-20)21-13-33(3)25(35)22(32-21)16-8-17(36-4)10-18(9-16)37-5/h2*8-13H,6-7,14H2,1,3-5H3,(H2,27,29). The van der Waals surface area contributed by atoms with Gasteiger partial charge in [-0.1, -0.05) is 0 Å². The monoisotopic (exact) mass is 996 g/mol. The largest absolute Gasteiger partial charge is 0.497 e. The van der Waals surface area contributed by atoms with Gasteiger partial charge in [-0.05, 0) is 38.1 Å². The molecule has 0 atom stereocenters. The van der Waals surface area contributed by atoms with Gasteiger partial charge in [0.15, 0.2) is 11.6 Å². The number of nitrogens with zero attached hydrogens (tertiary/aromatic N) is 14. The highest BCUT2D eigenvalue weighted by molar-refractivity contribution is 5.75. The normalized spacial score (nSPS) is 13.7. The zero-order valence-electron chi connectivity index (χ0n) is 42.0. The van der Waals surface area contributed by atoms with Crippen LogP contribution in [0.25, 0.3) is 77.5 Å². The van der Waals surface area contributed by atoms with Crippen LogP contribution in [0.5, 0.6) is 23.0 Å². The van der Waals surface area contributed by atoms with Crippen LogP contribution in [0.2, 0.25) is 0 Å². The molecule has 2 fully saturated rings. The van der Waals surface area contributed by atoms with Crippen molar-refractivity contribution in [3.05, 3.63) is 129 Å². The second-order valence-corrected chi connectivity index (χ2v) is 18.3. The minimum Gasteiger partial charge on any atom is -0.497 e. The fraction of sp³-hybridized carbons (Fsp3) is 0.308. The van der Waals surface area contributed by atoms with Gasteiger partial charge < -0.3 is 49.2 Å². The summed E-state index contributed by atoms with van der Waals surface area (Å²) in [6, 6.07) is 10.3. The summed E-state index contributed by atoms with van der Waals surface area (Å²) < 4.78 is 27.9. The average molecular weight is 997 g/mol. The third-order valence-corrected chi connectivity index (χ3v) is 13.1. The summed E-state index contributed by atoms with van der Waals surface area (Å²) in [7, 11) is 9.44. The molecule has 2 aromatic carbocycles. The van der Waals surface area contributed by atoms with Crippen LogP contribution in [-0.2, 0) is 27.2 Å². The molecule has 74 heavy (non-hydrogen) atoms. The summed E-state index contributed by atoms with van der Waals surface area (Å²) in [6.07, 6.45) is 13.5. The van der Waals surface area contributed by atoms with E-state index in [1.807, 2.05) is 24.7 Å². The summed E-state index contributed by atoms with van der Waals surface area (Å²) in [4.78, 5) is 61.1. The number of hydrogen-bond acceptors (Lipinski definition) is 16. The molecule has 0 unspecified atom stereocenters. The van der Waals surface area contributed by atoms with Crippen molar-refractivity contribution < 1.29 is 18.9 Å². The van der Waals surface area contributed by atoms with Crippen LogP contribution in [0.4, 0.5) is 11.6 Å². The Kier molecular flexibility index (Phi) is 13.1. The van der Waals surface area contributed by atoms with E-state index in [2.05, 4.69) is 39.8 Å². The molecule has 0 aliphatic heterocycles. The molecule has 10 rings (SSSR count). The highest BCUT2D eigenvalue weighted by atomic mass is 16.5. The van der Waals surface area contributed by atoms with Crippen LogP contribution in [-0.4, -0.2) is 98.1 Å². The summed E-state index contributed by atoms with van der Waals surface area (Å²) in [5.74, 6) is 2.48. The Hall–Kier alpha value is -9.44. The predicted octanol–water partition coefficient (Wildman–Crippen LogP) is 6.26. The van der Waals surface area contributed by atoms with E-state index in [1.54, 1.807) is 115 Å². The fourth-order valence-electron chi connectivity index (χ4n) is 8.33. The van der Waals surface area contributed by atoms with E-state index >= 15 is 0 Å². The van der Waals surface area contributed by atoms with E-state index in [1.165, 1.54) is 9.13 Å². The van der Waals surface area contributed by atoms with Gasteiger partial charge in [0.2, 0.25) is 0 Å². The first-order valence-corrected chi connectivity index (χ1v) is 23.3. The Bertz CT molecular complexity index is 3490. The highest BCUT2D eigenvalue weighted by Gasteiger charge is 2.52. The van der Waals surface area contributed by atoms with Crippen LogP contribution in [0, 0.1) is 27.0 Å². The van der Waals surface area contributed by atoms with Crippen molar-refractivity contribution in [2.75, 3.05) is 39.9 Å². The van der Waals surface area contributed by atoms with Gasteiger partial charge in [0.1, 0.15) is 70.3 Å². The molecule has 376 valence electrons. The lowest BCUT2D eigenvalue weighted by atomic mass is 10.1. The second kappa shape index (κ2) is 19.6. The van der Waals surface area contributed by atoms with Gasteiger partial charge in [-0.25, -0.2) is 43.0 Å². The minimum absolute atomic E-state index is 0.180. The first-order chi connectivity index (χ1) is 35.5. The summed E-state index contributed by atoms with van der Waals surface area (Å²) in [5.41, 5.74) is 18.5. The Labute approximate surface area is 424 Å². The van der Waals surface area contributed by atoms with Gasteiger partial charge in [0.05, 0.1) is 64.1 Å². The number of aryl methyl sites for hydroxylation is 3. The third-order valence-electron chi connectivity index (χ3n) is 13.1. The Morgan fingerprint density at radius 3 is 1.42 bits per heavy atom. The molecule has 0 spiro atoms. The Morgan fingerprint density at radius 2 is 1.00 bits per heavy atom. The van der Waals surface area contributed by atoms with Crippen molar-refractivity contribution >= 4 is 11.6 Å². The maximum absolute atomic E-state index is 13.0. The maximum Gasteiger partial charge on any atom is 0.276 e. The molecule has 0 bridgehead atoms. The molecule has 6 aromatic heterocycles. The van der Waals surface area contributed by atoms with E-state index in [9.17, 15) is 9.59 Å². The number of rotatable bonds is 14. The van der Waals surface area contributed by atoms with Gasteiger partial charge in [-0.15, -0.1) is 0 Å². The Morgan fingerprint density at radius 1 is 0.581 bits per heavy atom. The van der Waals surface area contributed by atoms with E-state index < -0.39 is 0 Å². The zero-order chi connectivity index (χ0) is 52.6. The van der Waals surface area contributed by atoms with Gasteiger partial charge >= 0.3 is 0 Å². The van der Waals surface area contributed by atoms with Crippen LogP contribution in [0.3, 0.4) is 0 Å². The van der Waals surface area contributed by atoms with Gasteiger partial charge in [0.25, 0.3) is 22.2 Å². The first kappa shape index (κ1) is 49.5. The molecule has 0 amide bonds. The van der Waals surface area contributed by atoms with Gasteiger partial charge in [0, 0.05) is 98.4 Å². The highest BCUT2D eigenvalue weighted by Crippen LogP contribution is 2.43. The second-order valence-electron chi connectivity index (χ2n) is 18.3. The number of nitrogens with two attached hydrogens (primary N) is 2. The smallest absolute Gasteiger partial charge is 0.276 e. The first-order valence-electron chi connectivity index (χ1n) is 23.3. The lowest BCUT2D eigenvalue weighted by Crippen LogP contribution is -2.20. The topological polar surface area (TPSA) is 255 Å². The molecule has 0 saturated heterocycles. The molecule has 22 heteroatoms. The van der Waals surface area contributed by atoms with E-state index in [0.717, 1.165) is 48.2 Å². The number of methoxy groups -OCH3 is 4. The number of hydrogen-bond donors (Lipinski definition) is 2. The Balaban J connectivity index is 0.000000182. The molecule has 2 aliphatic carbocycles. The number of benzene rings is 2. The lowest BCUT2D eigenvalue weighted by molar-refractivity contribution is 0.394. The maximum atomic E-state index is 13.0. The van der Waals surface area contributed by atoms with Crippen LogP contribution >= 0.6 is 0 Å². The molecular weight excluding hydrogens is 945 g/mol. The third kappa shape index (κ3) is 9.80. The summed E-state index contributed by atoms with van der Waals surface area (Å²) >= 11 is 0. The van der Waals surface area contributed by atoms with Crippen molar-refractivity contribution in [2.45, 2.75) is 63.7 Å². The summed E-state index contributed by atoms with van der Waals surface area (Å²) in [6.45, 7) is 19.8. The lowest BCUT2D eigenvalue weighted by Gasteiger charge is -2.12. The molecule has 8 aromatic rings. The number of aromatic nitrogens is 12. The molecule has 2 saturated carbocycles.